The number of hydrogen-bond acceptors (Lipinski definition) is 3. The van der Waals surface area contributed by atoms with E-state index in [4.69, 9.17) is 11.6 Å². The summed E-state index contributed by atoms with van der Waals surface area (Å²) < 4.78 is 0.889. The average Bonchev–Trinajstić information content (AvgIpc) is 3.05. The van der Waals surface area contributed by atoms with Crippen LogP contribution in [-0.2, 0) is 4.79 Å². The van der Waals surface area contributed by atoms with Crippen LogP contribution in [0.15, 0.2) is 99.1 Å². The molecule has 4 nitrogen and oxygen atoms in total. The van der Waals surface area contributed by atoms with Crippen molar-refractivity contribution in [3.8, 4) is 0 Å². The average molecular weight is 465 g/mol. The van der Waals surface area contributed by atoms with Crippen LogP contribution < -0.4 is 0 Å². The van der Waals surface area contributed by atoms with Crippen LogP contribution >= 0.6 is 27.5 Å². The summed E-state index contributed by atoms with van der Waals surface area (Å²) in [5.41, 5.74) is 2.66. The van der Waals surface area contributed by atoms with Crippen LogP contribution in [0.5, 0.6) is 0 Å². The zero-order valence-corrected chi connectivity index (χ0v) is 17.5. The molecular formula is C23H15BrClN3O. The van der Waals surface area contributed by atoms with Crippen LogP contribution in [0.2, 0.25) is 5.02 Å². The molecule has 0 atom stereocenters. The van der Waals surface area contributed by atoms with Gasteiger partial charge in [-0.25, -0.2) is 4.99 Å². The number of nitrogens with zero attached hydrogens (tertiary/aromatic N) is 3. The molecule has 3 aromatic rings. The summed E-state index contributed by atoms with van der Waals surface area (Å²) >= 11 is 9.74. The van der Waals surface area contributed by atoms with E-state index in [0.29, 0.717) is 10.9 Å². The maximum atomic E-state index is 13.1. The lowest BCUT2D eigenvalue weighted by molar-refractivity contribution is -0.122. The van der Waals surface area contributed by atoms with Gasteiger partial charge in [0.1, 0.15) is 5.70 Å². The van der Waals surface area contributed by atoms with Gasteiger partial charge in [-0.3, -0.25) is 4.79 Å². The first-order chi connectivity index (χ1) is 14.1. The van der Waals surface area contributed by atoms with E-state index < -0.39 is 0 Å². The molecule has 142 valence electrons. The molecule has 3 aromatic carbocycles. The van der Waals surface area contributed by atoms with Gasteiger partial charge >= 0.3 is 0 Å². The number of carbonyl (C=O) groups is 1. The number of hydrogen-bond donors (Lipinski definition) is 0. The monoisotopic (exact) mass is 463 g/mol. The largest absolute Gasteiger partial charge is 0.298 e. The van der Waals surface area contributed by atoms with Crippen LogP contribution in [0.1, 0.15) is 16.7 Å². The molecule has 0 aromatic heterocycles. The molecule has 0 unspecified atom stereocenters. The lowest BCUT2D eigenvalue weighted by Gasteiger charge is -2.12. The Hall–Kier alpha value is -3.02. The minimum atomic E-state index is -0.313. The highest BCUT2D eigenvalue weighted by Crippen LogP contribution is 2.25. The van der Waals surface area contributed by atoms with Crippen LogP contribution in [0.25, 0.3) is 6.08 Å². The van der Waals surface area contributed by atoms with Gasteiger partial charge in [-0.05, 0) is 23.8 Å². The predicted molar refractivity (Wildman–Crippen MR) is 121 cm³/mol. The van der Waals surface area contributed by atoms with Gasteiger partial charge in [-0.15, -0.1) is 0 Å². The van der Waals surface area contributed by atoms with Gasteiger partial charge in [0, 0.05) is 20.6 Å². The smallest absolute Gasteiger partial charge is 0.265 e. The molecule has 6 heteroatoms. The Morgan fingerprint density at radius 3 is 2.28 bits per heavy atom. The summed E-state index contributed by atoms with van der Waals surface area (Å²) in [6, 6.07) is 24.5. The fraction of sp³-hybridized carbons (Fsp3) is 0. The Morgan fingerprint density at radius 1 is 0.897 bits per heavy atom. The first-order valence-electron chi connectivity index (χ1n) is 8.87. The highest BCUT2D eigenvalue weighted by molar-refractivity contribution is 9.10. The molecule has 1 aliphatic rings. The van der Waals surface area contributed by atoms with Crippen LogP contribution in [0, 0.1) is 0 Å². The van der Waals surface area contributed by atoms with Gasteiger partial charge in [0.25, 0.3) is 5.91 Å². The summed E-state index contributed by atoms with van der Waals surface area (Å²) in [5.74, 6) is 0.157. The first kappa shape index (κ1) is 19.3. The van der Waals surface area contributed by atoms with Crippen molar-refractivity contribution in [2.75, 3.05) is 0 Å². The SMILES string of the molecule is O=C1/C(=C/c2ccccc2Cl)N=C(c2ccccc2)N1/N=C/c1ccccc1Br. The van der Waals surface area contributed by atoms with E-state index in [2.05, 4.69) is 26.0 Å². The minimum absolute atomic E-state index is 0.279. The summed E-state index contributed by atoms with van der Waals surface area (Å²) in [6.45, 7) is 0. The van der Waals surface area contributed by atoms with E-state index in [1.54, 1.807) is 18.4 Å². The number of halogens is 2. The van der Waals surface area contributed by atoms with Crippen LogP contribution in [0.3, 0.4) is 0 Å². The van der Waals surface area contributed by atoms with Gasteiger partial charge in [-0.2, -0.15) is 10.1 Å². The Morgan fingerprint density at radius 2 is 1.55 bits per heavy atom. The van der Waals surface area contributed by atoms with Crippen molar-refractivity contribution in [3.05, 3.63) is 111 Å². The number of rotatable bonds is 4. The van der Waals surface area contributed by atoms with E-state index in [-0.39, 0.29) is 11.6 Å². The Kier molecular flexibility index (Phi) is 5.69. The number of amides is 1. The molecule has 29 heavy (non-hydrogen) atoms. The van der Waals surface area contributed by atoms with Crippen molar-refractivity contribution in [3.63, 3.8) is 0 Å². The van der Waals surface area contributed by atoms with Crippen molar-refractivity contribution in [2.24, 2.45) is 10.1 Å². The molecule has 0 aliphatic carbocycles. The maximum absolute atomic E-state index is 13.1. The maximum Gasteiger partial charge on any atom is 0.298 e. The van der Waals surface area contributed by atoms with Crippen LogP contribution in [-0.4, -0.2) is 23.0 Å². The number of aliphatic imine (C=N–C) groups is 1. The fourth-order valence-electron chi connectivity index (χ4n) is 2.83. The number of carbonyl (C=O) groups excluding carboxylic acids is 1. The molecule has 0 saturated heterocycles. The Bertz CT molecular complexity index is 1160. The Labute approximate surface area is 182 Å². The third kappa shape index (κ3) is 4.21. The molecule has 0 saturated carbocycles. The topological polar surface area (TPSA) is 45.0 Å². The second kappa shape index (κ2) is 8.55. The zero-order valence-electron chi connectivity index (χ0n) is 15.2. The minimum Gasteiger partial charge on any atom is -0.265 e. The van der Waals surface area contributed by atoms with E-state index in [0.717, 1.165) is 21.2 Å². The molecular weight excluding hydrogens is 450 g/mol. The number of benzene rings is 3. The summed E-state index contributed by atoms with van der Waals surface area (Å²) in [6.07, 6.45) is 3.32. The van der Waals surface area contributed by atoms with E-state index >= 15 is 0 Å². The van der Waals surface area contributed by atoms with Gasteiger partial charge < -0.3 is 0 Å². The standard InChI is InChI=1S/C23H15BrClN3O/c24-19-12-6-4-11-18(19)15-26-28-22(16-8-2-1-3-9-16)27-21(23(28)29)14-17-10-5-7-13-20(17)25/h1-15H/b21-14-,26-15+. The third-order valence-corrected chi connectivity index (χ3v) is 5.35. The van der Waals surface area contributed by atoms with Crippen molar-refractivity contribution in [2.45, 2.75) is 0 Å². The van der Waals surface area contributed by atoms with Crippen LogP contribution in [0.4, 0.5) is 0 Å². The predicted octanol–water partition coefficient (Wildman–Crippen LogP) is 5.77. The summed E-state index contributed by atoms with van der Waals surface area (Å²) in [4.78, 5) is 17.6. The second-order valence-corrected chi connectivity index (χ2v) is 7.50. The van der Waals surface area contributed by atoms with Gasteiger partial charge in [0.05, 0.1) is 6.21 Å². The molecule has 4 rings (SSSR count). The highest BCUT2D eigenvalue weighted by atomic mass is 79.9. The van der Waals surface area contributed by atoms with Crippen molar-refractivity contribution in [1.82, 2.24) is 5.01 Å². The highest BCUT2D eigenvalue weighted by Gasteiger charge is 2.31. The molecule has 0 N–H and O–H groups in total. The van der Waals surface area contributed by atoms with Gasteiger partial charge in [0.2, 0.25) is 0 Å². The second-order valence-electron chi connectivity index (χ2n) is 6.24. The molecule has 1 heterocycles. The first-order valence-corrected chi connectivity index (χ1v) is 10.0. The van der Waals surface area contributed by atoms with Gasteiger partial charge in [0.15, 0.2) is 5.84 Å². The van der Waals surface area contributed by atoms with E-state index in [9.17, 15) is 4.79 Å². The molecule has 0 bridgehead atoms. The van der Waals surface area contributed by atoms with E-state index in [1.165, 1.54) is 5.01 Å². The third-order valence-electron chi connectivity index (χ3n) is 4.29. The van der Waals surface area contributed by atoms with Crippen molar-refractivity contribution in [1.29, 1.82) is 0 Å². The quantitative estimate of drug-likeness (QED) is 0.357. The number of hydrazone groups is 1. The fourth-order valence-corrected chi connectivity index (χ4v) is 3.41. The molecule has 0 fully saturated rings. The van der Waals surface area contributed by atoms with Crippen molar-refractivity contribution < 1.29 is 4.79 Å². The lowest BCUT2D eigenvalue weighted by Crippen LogP contribution is -2.27. The Balaban J connectivity index is 1.76. The molecule has 1 aliphatic heterocycles. The summed E-state index contributed by atoms with van der Waals surface area (Å²) in [5, 5.41) is 6.30. The summed E-state index contributed by atoms with van der Waals surface area (Å²) in [7, 11) is 0. The zero-order chi connectivity index (χ0) is 20.2. The number of amidine groups is 1. The van der Waals surface area contributed by atoms with Gasteiger partial charge in [-0.1, -0.05) is 94.3 Å². The molecule has 0 radical (unpaired) electrons. The van der Waals surface area contributed by atoms with Crippen molar-refractivity contribution >= 4 is 51.6 Å². The van der Waals surface area contributed by atoms with E-state index in [1.807, 2.05) is 72.8 Å². The molecule has 1 amide bonds. The normalized spacial score (nSPS) is 15.4. The molecule has 0 spiro atoms. The lowest BCUT2D eigenvalue weighted by atomic mass is 10.2.